The molecule has 0 N–H and O–H groups in total. The number of allylic oxidation sites excluding steroid dienone is 2. The normalized spacial score (nSPS) is 20.1. The van der Waals surface area contributed by atoms with Crippen LogP contribution in [0.5, 0.6) is 5.75 Å². The van der Waals surface area contributed by atoms with Gasteiger partial charge in [0, 0.05) is 0 Å². The van der Waals surface area contributed by atoms with Crippen molar-refractivity contribution in [1.82, 2.24) is 0 Å². The average molecular weight is 316 g/mol. The van der Waals surface area contributed by atoms with E-state index in [9.17, 15) is 0 Å². The van der Waals surface area contributed by atoms with Crippen LogP contribution in [0.2, 0.25) is 0 Å². The molecule has 0 aliphatic carbocycles. The largest absolute Gasteiger partial charge is 0.490 e. The van der Waals surface area contributed by atoms with Crippen LogP contribution in [0.3, 0.4) is 0 Å². The molecule has 1 aromatic carbocycles. The van der Waals surface area contributed by atoms with Crippen LogP contribution in [0, 0.1) is 0 Å². The van der Waals surface area contributed by atoms with Gasteiger partial charge in [-0.05, 0) is 56.7 Å². The minimum atomic E-state index is -0.0410. The highest BCUT2D eigenvalue weighted by atomic mass is 16.6. The fourth-order valence-corrected chi connectivity index (χ4v) is 2.56. The zero-order valence-corrected chi connectivity index (χ0v) is 14.9. The van der Waals surface area contributed by atoms with E-state index in [1.165, 1.54) is 50.5 Å². The molecule has 1 saturated heterocycles. The number of hydrogen-bond acceptors (Lipinski definition) is 2. The van der Waals surface area contributed by atoms with Gasteiger partial charge in [-0.1, -0.05) is 50.5 Å². The van der Waals surface area contributed by atoms with E-state index in [-0.39, 0.29) is 5.60 Å². The molecule has 1 aromatic rings. The van der Waals surface area contributed by atoms with Gasteiger partial charge in [0.15, 0.2) is 0 Å². The van der Waals surface area contributed by atoms with E-state index in [4.69, 9.17) is 9.47 Å². The molecule has 1 aliphatic rings. The van der Waals surface area contributed by atoms with Crippen molar-refractivity contribution in [1.29, 1.82) is 0 Å². The molecule has 1 heterocycles. The Morgan fingerprint density at radius 1 is 1.13 bits per heavy atom. The summed E-state index contributed by atoms with van der Waals surface area (Å²) in [6.07, 6.45) is 14.8. The third kappa shape index (κ3) is 7.69. The van der Waals surface area contributed by atoms with Crippen LogP contribution in [-0.2, 0) is 11.2 Å². The summed E-state index contributed by atoms with van der Waals surface area (Å²) < 4.78 is 11.2. The molecular formula is C21H32O2. The zero-order chi connectivity index (χ0) is 16.4. The Balaban J connectivity index is 1.57. The van der Waals surface area contributed by atoms with Gasteiger partial charge in [0.1, 0.15) is 18.0 Å². The van der Waals surface area contributed by atoms with Crippen molar-refractivity contribution in [2.75, 3.05) is 13.2 Å². The number of benzene rings is 1. The van der Waals surface area contributed by atoms with Crippen molar-refractivity contribution in [2.45, 2.75) is 70.8 Å². The summed E-state index contributed by atoms with van der Waals surface area (Å²) in [7, 11) is 0. The van der Waals surface area contributed by atoms with Gasteiger partial charge in [-0.2, -0.15) is 0 Å². The van der Waals surface area contributed by atoms with E-state index in [0.717, 1.165) is 18.8 Å². The Kier molecular flexibility index (Phi) is 7.67. The SMILES string of the molecule is CCCC/C=C/CCCCCc1cccc(OCC2(C)CO2)c1. The summed E-state index contributed by atoms with van der Waals surface area (Å²) in [6, 6.07) is 8.51. The van der Waals surface area contributed by atoms with E-state index in [0.29, 0.717) is 6.61 Å². The highest BCUT2D eigenvalue weighted by Crippen LogP contribution is 2.27. The number of hydrogen-bond donors (Lipinski definition) is 0. The number of epoxide rings is 1. The molecule has 23 heavy (non-hydrogen) atoms. The van der Waals surface area contributed by atoms with Gasteiger partial charge in [0.2, 0.25) is 0 Å². The van der Waals surface area contributed by atoms with Crippen LogP contribution in [0.1, 0.15) is 64.4 Å². The predicted octanol–water partition coefficient (Wildman–Crippen LogP) is 5.70. The lowest BCUT2D eigenvalue weighted by Gasteiger charge is -2.10. The van der Waals surface area contributed by atoms with Crippen LogP contribution in [-0.4, -0.2) is 18.8 Å². The van der Waals surface area contributed by atoms with Gasteiger partial charge < -0.3 is 9.47 Å². The van der Waals surface area contributed by atoms with Crippen LogP contribution < -0.4 is 4.74 Å². The highest BCUT2D eigenvalue weighted by Gasteiger charge is 2.40. The molecule has 0 amide bonds. The van der Waals surface area contributed by atoms with Crippen LogP contribution in [0.15, 0.2) is 36.4 Å². The molecule has 1 fully saturated rings. The summed E-state index contributed by atoms with van der Waals surface area (Å²) in [5.41, 5.74) is 1.34. The molecule has 0 spiro atoms. The van der Waals surface area contributed by atoms with E-state index >= 15 is 0 Å². The van der Waals surface area contributed by atoms with Crippen molar-refractivity contribution < 1.29 is 9.47 Å². The first-order valence-electron chi connectivity index (χ1n) is 9.22. The van der Waals surface area contributed by atoms with E-state index in [1.54, 1.807) is 0 Å². The Morgan fingerprint density at radius 2 is 1.91 bits per heavy atom. The Bertz CT molecular complexity index is 474. The van der Waals surface area contributed by atoms with Crippen molar-refractivity contribution in [2.24, 2.45) is 0 Å². The lowest BCUT2D eigenvalue weighted by molar-refractivity contribution is 0.202. The van der Waals surface area contributed by atoms with Crippen molar-refractivity contribution in [3.05, 3.63) is 42.0 Å². The zero-order valence-electron chi connectivity index (χ0n) is 14.9. The van der Waals surface area contributed by atoms with Gasteiger partial charge in [-0.15, -0.1) is 0 Å². The van der Waals surface area contributed by atoms with E-state index in [1.807, 2.05) is 6.07 Å². The van der Waals surface area contributed by atoms with Crippen molar-refractivity contribution in [3.63, 3.8) is 0 Å². The number of aryl methyl sites for hydroxylation is 1. The second-order valence-corrected chi connectivity index (χ2v) is 6.89. The molecule has 2 rings (SSSR count). The average Bonchev–Trinajstić information content (AvgIpc) is 3.30. The molecule has 1 atom stereocenters. The molecule has 1 unspecified atom stereocenters. The summed E-state index contributed by atoms with van der Waals surface area (Å²) >= 11 is 0. The lowest BCUT2D eigenvalue weighted by atomic mass is 10.1. The molecule has 1 aliphatic heterocycles. The smallest absolute Gasteiger partial charge is 0.123 e. The maximum Gasteiger partial charge on any atom is 0.123 e. The lowest BCUT2D eigenvalue weighted by Crippen LogP contribution is -2.16. The topological polar surface area (TPSA) is 21.8 Å². The fraction of sp³-hybridized carbons (Fsp3) is 0.619. The monoisotopic (exact) mass is 316 g/mol. The fourth-order valence-electron chi connectivity index (χ4n) is 2.56. The summed E-state index contributed by atoms with van der Waals surface area (Å²) in [5.74, 6) is 0.970. The minimum Gasteiger partial charge on any atom is -0.490 e. The summed E-state index contributed by atoms with van der Waals surface area (Å²) in [4.78, 5) is 0. The maximum absolute atomic E-state index is 5.83. The first kappa shape index (κ1) is 18.1. The summed E-state index contributed by atoms with van der Waals surface area (Å²) in [6.45, 7) is 5.81. The molecule has 2 nitrogen and oxygen atoms in total. The van der Waals surface area contributed by atoms with Gasteiger partial charge in [0.05, 0.1) is 6.61 Å². The van der Waals surface area contributed by atoms with Gasteiger partial charge in [-0.3, -0.25) is 0 Å². The molecule has 0 bridgehead atoms. The predicted molar refractivity (Wildman–Crippen MR) is 97.1 cm³/mol. The van der Waals surface area contributed by atoms with Crippen molar-refractivity contribution in [3.8, 4) is 5.75 Å². The van der Waals surface area contributed by atoms with E-state index in [2.05, 4.69) is 44.2 Å². The van der Waals surface area contributed by atoms with Gasteiger partial charge in [0.25, 0.3) is 0 Å². The maximum atomic E-state index is 5.83. The molecule has 0 aromatic heterocycles. The Hall–Kier alpha value is -1.28. The molecule has 2 heteroatoms. The molecule has 0 radical (unpaired) electrons. The van der Waals surface area contributed by atoms with Crippen LogP contribution in [0.25, 0.3) is 0 Å². The number of rotatable bonds is 12. The molecule has 0 saturated carbocycles. The highest BCUT2D eigenvalue weighted by molar-refractivity contribution is 5.28. The first-order valence-corrected chi connectivity index (χ1v) is 9.22. The van der Waals surface area contributed by atoms with Gasteiger partial charge in [-0.25, -0.2) is 0 Å². The Labute approximate surface area is 141 Å². The van der Waals surface area contributed by atoms with Crippen molar-refractivity contribution >= 4 is 0 Å². The standard InChI is InChI=1S/C21H32O2/c1-3-4-5-6-7-8-9-10-11-13-19-14-12-15-20(16-19)22-17-21(2)18-23-21/h6-7,12,14-16H,3-5,8-11,13,17-18H2,1-2H3/b7-6+. The Morgan fingerprint density at radius 3 is 2.65 bits per heavy atom. The van der Waals surface area contributed by atoms with Gasteiger partial charge >= 0.3 is 0 Å². The number of ether oxygens (including phenoxy) is 2. The van der Waals surface area contributed by atoms with Crippen LogP contribution in [0.4, 0.5) is 0 Å². The molecule has 128 valence electrons. The van der Waals surface area contributed by atoms with Crippen LogP contribution >= 0.6 is 0 Å². The minimum absolute atomic E-state index is 0.0410. The second kappa shape index (κ2) is 9.77. The summed E-state index contributed by atoms with van der Waals surface area (Å²) in [5, 5.41) is 0. The second-order valence-electron chi connectivity index (χ2n) is 6.89. The third-order valence-corrected chi connectivity index (χ3v) is 4.31. The molecular weight excluding hydrogens is 284 g/mol. The third-order valence-electron chi connectivity index (χ3n) is 4.31. The first-order chi connectivity index (χ1) is 11.2. The number of unbranched alkanes of at least 4 members (excludes halogenated alkanes) is 5. The quantitative estimate of drug-likeness (QED) is 0.280. The van der Waals surface area contributed by atoms with E-state index < -0.39 is 0 Å².